The van der Waals surface area contributed by atoms with Crippen molar-refractivity contribution in [3.63, 3.8) is 0 Å². The number of carbonyl (C=O) groups is 1. The highest BCUT2D eigenvalue weighted by Crippen LogP contribution is 2.42. The van der Waals surface area contributed by atoms with Gasteiger partial charge < -0.3 is 23.8 Å². The van der Waals surface area contributed by atoms with E-state index >= 15 is 0 Å². The molecular weight excluding hydrogens is 363 g/mol. The fraction of sp³-hybridized carbons (Fsp3) is 0.190. The van der Waals surface area contributed by atoms with Gasteiger partial charge in [0.1, 0.15) is 0 Å². The predicted octanol–water partition coefficient (Wildman–Crippen LogP) is 5.01. The number of aromatic nitrogens is 2. The van der Waals surface area contributed by atoms with Gasteiger partial charge in [-0.15, -0.1) is 0 Å². The summed E-state index contributed by atoms with van der Waals surface area (Å²) in [5.74, 6) is -0.162. The largest absolute Gasteiger partial charge is 0.515 e. The topological polar surface area (TPSA) is 65.5 Å². The van der Waals surface area contributed by atoms with Crippen LogP contribution in [0, 0.1) is 5.82 Å². The van der Waals surface area contributed by atoms with Crippen LogP contribution < -0.4 is 9.47 Å². The van der Waals surface area contributed by atoms with Crippen LogP contribution in [0.2, 0.25) is 0 Å². The lowest BCUT2D eigenvalue weighted by molar-refractivity contribution is 0.103. The van der Waals surface area contributed by atoms with Crippen molar-refractivity contribution in [2.24, 2.45) is 7.05 Å². The van der Waals surface area contributed by atoms with Crippen LogP contribution in [-0.2, 0) is 11.8 Å². The van der Waals surface area contributed by atoms with Crippen molar-refractivity contribution < 1.29 is 23.4 Å². The smallest absolute Gasteiger partial charge is 0.494 e. The molecule has 28 heavy (non-hydrogen) atoms. The Balaban J connectivity index is 2.00. The molecule has 0 saturated heterocycles. The molecule has 4 rings (SSSR count). The Morgan fingerprint density at radius 3 is 2.71 bits per heavy atom. The Bertz CT molecular complexity index is 1190. The van der Waals surface area contributed by atoms with Gasteiger partial charge in [-0.25, -0.2) is 9.18 Å². The average Bonchev–Trinajstić information content (AvgIpc) is 3.18. The molecule has 0 atom stereocenters. The maximum absolute atomic E-state index is 14.4. The number of halogens is 1. The molecule has 0 aliphatic heterocycles. The van der Waals surface area contributed by atoms with Crippen molar-refractivity contribution in [3.8, 4) is 22.8 Å². The van der Waals surface area contributed by atoms with Gasteiger partial charge in [0.2, 0.25) is 5.88 Å². The van der Waals surface area contributed by atoms with Crippen molar-refractivity contribution in [2.45, 2.75) is 6.92 Å². The maximum atomic E-state index is 14.4. The van der Waals surface area contributed by atoms with E-state index < -0.39 is 12.0 Å². The number of H-pyrrole nitrogens is 1. The number of nitrogens with zero attached hydrogens (tertiary/aromatic N) is 1. The summed E-state index contributed by atoms with van der Waals surface area (Å²) in [6, 6.07) is 12.5. The van der Waals surface area contributed by atoms with E-state index in [2.05, 4.69) is 4.98 Å². The molecular formula is C21H19FN2O4. The fourth-order valence-corrected chi connectivity index (χ4v) is 3.49. The molecule has 2 aromatic heterocycles. The standard InChI is InChI=1S/C21H19FN2O4/c1-4-27-21(25)28-20-17(12-9-10-16(26-3)14(22)11-12)19-18(23-20)13-7-5-6-8-15(13)24(19)2/h5-11,23H,4H2,1-3H3. The molecule has 0 spiro atoms. The summed E-state index contributed by atoms with van der Waals surface area (Å²) < 4.78 is 31.7. The first-order valence-electron chi connectivity index (χ1n) is 8.82. The Morgan fingerprint density at radius 1 is 1.21 bits per heavy atom. The number of hydrogen-bond donors (Lipinski definition) is 1. The minimum Gasteiger partial charge on any atom is -0.494 e. The van der Waals surface area contributed by atoms with Crippen molar-refractivity contribution in [2.75, 3.05) is 13.7 Å². The average molecular weight is 382 g/mol. The van der Waals surface area contributed by atoms with E-state index in [1.165, 1.54) is 13.2 Å². The Morgan fingerprint density at radius 2 is 2.00 bits per heavy atom. The number of benzene rings is 2. The molecule has 0 saturated carbocycles. The van der Waals surface area contributed by atoms with Gasteiger partial charge in [0.15, 0.2) is 11.6 Å². The summed E-state index contributed by atoms with van der Waals surface area (Å²) in [7, 11) is 3.32. The van der Waals surface area contributed by atoms with E-state index in [0.717, 1.165) is 21.9 Å². The van der Waals surface area contributed by atoms with E-state index in [9.17, 15) is 9.18 Å². The lowest BCUT2D eigenvalue weighted by Gasteiger charge is -2.09. The second-order valence-corrected chi connectivity index (χ2v) is 6.26. The summed E-state index contributed by atoms with van der Waals surface area (Å²) in [4.78, 5) is 15.1. The SMILES string of the molecule is CCOC(=O)Oc1[nH]c2c3ccccc3n(C)c2c1-c1ccc(OC)c(F)c1. The van der Waals surface area contributed by atoms with Crippen LogP contribution >= 0.6 is 0 Å². The van der Waals surface area contributed by atoms with Gasteiger partial charge in [-0.2, -0.15) is 0 Å². The van der Waals surface area contributed by atoms with Crippen LogP contribution in [0.25, 0.3) is 33.1 Å². The van der Waals surface area contributed by atoms with Crippen LogP contribution in [0.1, 0.15) is 6.92 Å². The molecule has 0 aliphatic carbocycles. The molecule has 2 aromatic carbocycles. The van der Waals surface area contributed by atoms with Crippen LogP contribution in [0.3, 0.4) is 0 Å². The first kappa shape index (κ1) is 17.9. The number of rotatable bonds is 4. The van der Waals surface area contributed by atoms with Crippen LogP contribution in [0.5, 0.6) is 11.6 Å². The van der Waals surface area contributed by atoms with Gasteiger partial charge in [0, 0.05) is 12.4 Å². The molecule has 0 fully saturated rings. The highest BCUT2D eigenvalue weighted by Gasteiger charge is 2.24. The maximum Gasteiger partial charge on any atom is 0.515 e. The highest BCUT2D eigenvalue weighted by atomic mass is 19.1. The quantitative estimate of drug-likeness (QED) is 0.504. The molecule has 0 amide bonds. The molecule has 6 nitrogen and oxygen atoms in total. The first-order chi connectivity index (χ1) is 13.5. The van der Waals surface area contributed by atoms with Crippen molar-refractivity contribution in [1.82, 2.24) is 9.55 Å². The lowest BCUT2D eigenvalue weighted by Crippen LogP contribution is -2.10. The number of hydrogen-bond acceptors (Lipinski definition) is 4. The summed E-state index contributed by atoms with van der Waals surface area (Å²) in [6.45, 7) is 1.88. The molecule has 144 valence electrons. The number of nitrogens with one attached hydrogen (secondary N) is 1. The van der Waals surface area contributed by atoms with Crippen LogP contribution in [0.15, 0.2) is 42.5 Å². The van der Waals surface area contributed by atoms with E-state index in [-0.39, 0.29) is 18.2 Å². The molecule has 0 bridgehead atoms. The molecule has 0 aliphatic rings. The van der Waals surface area contributed by atoms with Crippen molar-refractivity contribution in [1.29, 1.82) is 0 Å². The molecule has 1 N–H and O–H groups in total. The number of methoxy groups -OCH3 is 1. The normalized spacial score (nSPS) is 11.1. The number of fused-ring (bicyclic) bond motifs is 3. The zero-order valence-corrected chi connectivity index (χ0v) is 15.7. The first-order valence-corrected chi connectivity index (χ1v) is 8.82. The zero-order chi connectivity index (χ0) is 19.8. The van der Waals surface area contributed by atoms with E-state index in [1.807, 2.05) is 35.9 Å². The van der Waals surface area contributed by atoms with Gasteiger partial charge in [-0.3, -0.25) is 0 Å². The third-order valence-electron chi connectivity index (χ3n) is 4.70. The minimum atomic E-state index is -0.825. The van der Waals surface area contributed by atoms with Gasteiger partial charge >= 0.3 is 6.16 Å². The monoisotopic (exact) mass is 382 g/mol. The fourth-order valence-electron chi connectivity index (χ4n) is 3.49. The molecule has 7 heteroatoms. The lowest BCUT2D eigenvalue weighted by atomic mass is 10.1. The molecule has 4 aromatic rings. The second kappa shape index (κ2) is 6.92. The Kier molecular flexibility index (Phi) is 4.43. The minimum absolute atomic E-state index is 0.139. The summed E-state index contributed by atoms with van der Waals surface area (Å²) in [5.41, 5.74) is 3.72. The summed E-state index contributed by atoms with van der Waals surface area (Å²) in [6.07, 6.45) is -0.825. The Labute approximate surface area is 160 Å². The van der Waals surface area contributed by atoms with Gasteiger partial charge in [-0.05, 0) is 30.7 Å². The van der Waals surface area contributed by atoms with Gasteiger partial charge in [0.25, 0.3) is 0 Å². The third-order valence-corrected chi connectivity index (χ3v) is 4.70. The summed E-state index contributed by atoms with van der Waals surface area (Å²) >= 11 is 0. The number of aromatic amines is 1. The highest BCUT2D eigenvalue weighted by molar-refractivity contribution is 6.13. The molecule has 2 heterocycles. The number of ether oxygens (including phenoxy) is 3. The molecule has 0 radical (unpaired) electrons. The van der Waals surface area contributed by atoms with E-state index in [0.29, 0.717) is 11.1 Å². The van der Waals surface area contributed by atoms with E-state index in [1.54, 1.807) is 19.1 Å². The predicted molar refractivity (Wildman–Crippen MR) is 104 cm³/mol. The second-order valence-electron chi connectivity index (χ2n) is 6.26. The third kappa shape index (κ3) is 2.76. The van der Waals surface area contributed by atoms with Gasteiger partial charge in [-0.1, -0.05) is 24.3 Å². The van der Waals surface area contributed by atoms with Crippen molar-refractivity contribution >= 4 is 28.1 Å². The van der Waals surface area contributed by atoms with Crippen LogP contribution in [-0.4, -0.2) is 29.4 Å². The number of carbonyl (C=O) groups excluding carboxylic acids is 1. The molecule has 0 unspecified atom stereocenters. The van der Waals surface area contributed by atoms with Crippen LogP contribution in [0.4, 0.5) is 9.18 Å². The zero-order valence-electron chi connectivity index (χ0n) is 15.7. The number of aryl methyl sites for hydroxylation is 1. The van der Waals surface area contributed by atoms with Crippen molar-refractivity contribution in [3.05, 3.63) is 48.3 Å². The summed E-state index contributed by atoms with van der Waals surface area (Å²) in [5, 5.41) is 0.967. The number of para-hydroxylation sites is 1. The van der Waals surface area contributed by atoms with Gasteiger partial charge in [0.05, 0.1) is 35.8 Å². The Hall–Kier alpha value is -3.48. The van der Waals surface area contributed by atoms with E-state index in [4.69, 9.17) is 14.2 Å².